The van der Waals surface area contributed by atoms with E-state index in [2.05, 4.69) is 5.43 Å². The van der Waals surface area contributed by atoms with Gasteiger partial charge in [0.2, 0.25) is 11.8 Å². The van der Waals surface area contributed by atoms with Crippen LogP contribution < -0.4 is 22.5 Å². The Morgan fingerprint density at radius 3 is 2.03 bits per heavy atom. The minimum absolute atomic E-state index is 0. The summed E-state index contributed by atoms with van der Waals surface area (Å²) >= 11 is 0. The number of carbonyl (C=O) groups excluding carboxylic acids is 3. The average Bonchev–Trinajstić information content (AvgIpc) is 2.75. The number of benzene rings is 1. The Hall–Kier alpha value is -2.26. The first-order chi connectivity index (χ1) is 15.0. The lowest BCUT2D eigenvalue weighted by atomic mass is 9.60. The van der Waals surface area contributed by atoms with Crippen molar-refractivity contribution in [3.8, 4) is 0 Å². The van der Waals surface area contributed by atoms with Crippen molar-refractivity contribution in [3.63, 3.8) is 0 Å². The van der Waals surface area contributed by atoms with Gasteiger partial charge in [0.05, 0.1) is 23.3 Å². The molecule has 9 heteroatoms. The van der Waals surface area contributed by atoms with Gasteiger partial charge in [0.15, 0.2) is 5.78 Å². The van der Waals surface area contributed by atoms with Crippen molar-refractivity contribution in [1.29, 1.82) is 0 Å². The van der Waals surface area contributed by atoms with Crippen molar-refractivity contribution in [2.75, 3.05) is 0 Å². The second-order valence-corrected chi connectivity index (χ2v) is 9.23. The van der Waals surface area contributed by atoms with E-state index >= 15 is 0 Å². The van der Waals surface area contributed by atoms with Crippen molar-refractivity contribution >= 4 is 36.1 Å². The zero-order chi connectivity index (χ0) is 24.5. The second-order valence-electron chi connectivity index (χ2n) is 9.23. The minimum Gasteiger partial charge on any atom is -0.322 e. The molecule has 4 atom stereocenters. The summed E-state index contributed by atoms with van der Waals surface area (Å²) in [7, 11) is 0. The number of halogens is 1. The second kappa shape index (κ2) is 14.1. The van der Waals surface area contributed by atoms with Crippen LogP contribution in [0.25, 0.3) is 6.08 Å². The summed E-state index contributed by atoms with van der Waals surface area (Å²) in [5.74, 6) is 1.48. The van der Waals surface area contributed by atoms with Crippen LogP contribution in [0.5, 0.6) is 0 Å². The monoisotopic (exact) mass is 482 g/mol. The fourth-order valence-electron chi connectivity index (χ4n) is 4.40. The molecule has 0 aromatic heterocycles. The number of nitrogens with two attached hydrogens (primary N) is 2. The molecule has 1 aromatic rings. The topological polar surface area (TPSA) is 148 Å². The molecule has 2 amide bonds. The Bertz CT molecular complexity index is 799. The Balaban J connectivity index is 0.0000102. The van der Waals surface area contributed by atoms with E-state index in [1.807, 2.05) is 58.0 Å². The number of nitrogens with one attached hydrogen (secondary N) is 2. The molecule has 1 rings (SSSR count). The molecule has 33 heavy (non-hydrogen) atoms. The first-order valence-corrected chi connectivity index (χ1v) is 11.0. The molecule has 186 valence electrons. The molecule has 7 N–H and O–H groups in total. The zero-order valence-electron chi connectivity index (χ0n) is 20.1. The van der Waals surface area contributed by atoms with Gasteiger partial charge in [-0.3, -0.25) is 25.0 Å². The lowest BCUT2D eigenvalue weighted by Crippen LogP contribution is -2.56. The third-order valence-corrected chi connectivity index (χ3v) is 5.55. The Morgan fingerprint density at radius 1 is 1.03 bits per heavy atom. The Kier molecular flexibility index (Phi) is 13.1. The number of Topliss-reactive ketones (excluding diaryl/α,β-unsaturated/α-hetero) is 1. The molecule has 0 aliphatic heterocycles. The van der Waals surface area contributed by atoms with Crippen LogP contribution in [-0.2, 0) is 14.4 Å². The van der Waals surface area contributed by atoms with Gasteiger partial charge < -0.3 is 5.73 Å². The summed E-state index contributed by atoms with van der Waals surface area (Å²) in [5, 5.41) is 9.62. The van der Waals surface area contributed by atoms with E-state index < -0.39 is 35.1 Å². The van der Waals surface area contributed by atoms with E-state index in [1.54, 1.807) is 24.6 Å². The summed E-state index contributed by atoms with van der Waals surface area (Å²) in [4.78, 5) is 39.6. The number of hydroxylamine groups is 1. The van der Waals surface area contributed by atoms with Crippen molar-refractivity contribution < 1.29 is 19.6 Å². The first-order valence-electron chi connectivity index (χ1n) is 11.0. The molecule has 0 aliphatic rings. The number of hydrogen-bond acceptors (Lipinski definition) is 6. The lowest BCUT2D eigenvalue weighted by molar-refractivity contribution is -0.151. The Labute approximate surface area is 202 Å². The number of allylic oxidation sites excluding steroid dienone is 1. The van der Waals surface area contributed by atoms with Crippen LogP contribution in [0.1, 0.15) is 53.0 Å². The smallest absolute Gasteiger partial charge is 0.248 e. The highest BCUT2D eigenvalue weighted by atomic mass is 35.5. The number of amides is 2. The van der Waals surface area contributed by atoms with E-state index in [0.717, 1.165) is 5.56 Å². The van der Waals surface area contributed by atoms with Gasteiger partial charge in [-0.05, 0) is 37.2 Å². The van der Waals surface area contributed by atoms with Crippen molar-refractivity contribution in [1.82, 2.24) is 10.9 Å². The van der Waals surface area contributed by atoms with Crippen LogP contribution in [0.2, 0.25) is 0 Å². The van der Waals surface area contributed by atoms with Crippen LogP contribution in [0.4, 0.5) is 0 Å². The van der Waals surface area contributed by atoms with Crippen LogP contribution in [0.15, 0.2) is 36.4 Å². The highest BCUT2D eigenvalue weighted by Gasteiger charge is 2.53. The number of carbonyl (C=O) groups is 3. The SMILES string of the molecule is CC(C)C[C@@H](C(=O)NN)[C@H](C(=O)NO)C(/C=C/c1ccccc1)(CC(C)C)C(=O)[C@H](C)N.Cl. The van der Waals surface area contributed by atoms with E-state index in [1.165, 1.54) is 0 Å². The quantitative estimate of drug-likeness (QED) is 0.134. The number of ketones is 1. The number of hydrogen-bond donors (Lipinski definition) is 5. The largest absolute Gasteiger partial charge is 0.322 e. The summed E-state index contributed by atoms with van der Waals surface area (Å²) in [6.45, 7) is 9.22. The lowest BCUT2D eigenvalue weighted by Gasteiger charge is -2.42. The molecule has 0 heterocycles. The maximum atomic E-state index is 13.7. The average molecular weight is 483 g/mol. The third-order valence-electron chi connectivity index (χ3n) is 5.55. The molecule has 1 unspecified atom stereocenters. The Morgan fingerprint density at radius 2 is 1.61 bits per heavy atom. The normalized spacial score (nSPS) is 15.9. The van der Waals surface area contributed by atoms with E-state index in [-0.39, 0.29) is 42.9 Å². The predicted molar refractivity (Wildman–Crippen MR) is 132 cm³/mol. The first kappa shape index (κ1) is 30.7. The molecule has 1 aromatic carbocycles. The molecule has 0 fully saturated rings. The van der Waals surface area contributed by atoms with Gasteiger partial charge in [0.1, 0.15) is 0 Å². The van der Waals surface area contributed by atoms with Crippen molar-refractivity contribution in [3.05, 3.63) is 42.0 Å². The van der Waals surface area contributed by atoms with Crippen LogP contribution in [-0.4, -0.2) is 28.8 Å². The maximum Gasteiger partial charge on any atom is 0.248 e. The maximum absolute atomic E-state index is 13.7. The molecule has 0 saturated heterocycles. The summed E-state index contributed by atoms with van der Waals surface area (Å²) in [6, 6.07) is 8.43. The summed E-state index contributed by atoms with van der Waals surface area (Å²) in [5.41, 5.74) is 9.24. The number of hydrazine groups is 1. The highest BCUT2D eigenvalue weighted by molar-refractivity contribution is 5.99. The van der Waals surface area contributed by atoms with E-state index in [4.69, 9.17) is 11.6 Å². The molecular weight excluding hydrogens is 444 g/mol. The van der Waals surface area contributed by atoms with Gasteiger partial charge in [-0.1, -0.05) is 70.2 Å². The van der Waals surface area contributed by atoms with Crippen LogP contribution >= 0.6 is 12.4 Å². The van der Waals surface area contributed by atoms with Crippen LogP contribution in [0, 0.1) is 29.1 Å². The van der Waals surface area contributed by atoms with Gasteiger partial charge >= 0.3 is 0 Å². The van der Waals surface area contributed by atoms with E-state index in [0.29, 0.717) is 0 Å². The third kappa shape index (κ3) is 8.23. The van der Waals surface area contributed by atoms with Gasteiger partial charge in [-0.25, -0.2) is 11.3 Å². The van der Waals surface area contributed by atoms with Gasteiger partial charge in [-0.15, -0.1) is 12.4 Å². The fourth-order valence-corrected chi connectivity index (χ4v) is 4.40. The van der Waals surface area contributed by atoms with Gasteiger partial charge in [-0.2, -0.15) is 0 Å². The fraction of sp³-hybridized carbons (Fsp3) is 0.542. The van der Waals surface area contributed by atoms with Gasteiger partial charge in [0, 0.05) is 0 Å². The molecule has 0 bridgehead atoms. The predicted octanol–water partition coefficient (Wildman–Crippen LogP) is 2.84. The highest BCUT2D eigenvalue weighted by Crippen LogP contribution is 2.45. The van der Waals surface area contributed by atoms with Crippen molar-refractivity contribution in [2.45, 2.75) is 53.5 Å². The minimum atomic E-state index is -1.45. The summed E-state index contributed by atoms with van der Waals surface area (Å²) < 4.78 is 0. The molecular formula is C24H39ClN4O4. The molecule has 0 aliphatic carbocycles. The zero-order valence-corrected chi connectivity index (χ0v) is 20.9. The standard InChI is InChI=1S/C24H38N4O4.ClH/c1-15(2)13-19(22(30)27-26)20(23(31)28-32)24(14-16(3)4,21(29)17(5)25)12-11-18-9-7-6-8-10-18;/h6-12,15-17,19-20,32H,13-14,25-26H2,1-5H3,(H,27,30)(H,28,31);1H/b12-11+;/t17-,19+,20+,24?;/m0./s1. The molecule has 0 spiro atoms. The number of rotatable bonds is 12. The molecule has 0 saturated carbocycles. The van der Waals surface area contributed by atoms with Crippen molar-refractivity contribution in [2.24, 2.45) is 40.7 Å². The van der Waals surface area contributed by atoms with Gasteiger partial charge in [0.25, 0.3) is 0 Å². The van der Waals surface area contributed by atoms with E-state index in [9.17, 15) is 19.6 Å². The molecule has 8 nitrogen and oxygen atoms in total. The molecule has 0 radical (unpaired) electrons. The summed E-state index contributed by atoms with van der Waals surface area (Å²) in [6.07, 6.45) is 3.96. The van der Waals surface area contributed by atoms with Crippen LogP contribution in [0.3, 0.4) is 0 Å².